The van der Waals surface area contributed by atoms with Crippen LogP contribution in [0.3, 0.4) is 0 Å². The Balaban J connectivity index is 1.69. The van der Waals surface area contributed by atoms with E-state index < -0.39 is 5.82 Å². The van der Waals surface area contributed by atoms with Crippen molar-refractivity contribution >= 4 is 39.1 Å². The van der Waals surface area contributed by atoms with Gasteiger partial charge < -0.3 is 24.8 Å². The third-order valence-corrected chi connectivity index (χ3v) is 6.41. The highest BCUT2D eigenvalue weighted by atomic mass is 35.5. The molecule has 0 radical (unpaired) electrons. The summed E-state index contributed by atoms with van der Waals surface area (Å²) in [6.07, 6.45) is 0. The van der Waals surface area contributed by atoms with Gasteiger partial charge in [0, 0.05) is 35.6 Å². The molecule has 2 aromatic heterocycles. The van der Waals surface area contributed by atoms with Gasteiger partial charge in [0.05, 0.1) is 13.2 Å². The van der Waals surface area contributed by atoms with E-state index in [1.54, 1.807) is 24.3 Å². The predicted octanol–water partition coefficient (Wildman–Crippen LogP) is 3.52. The summed E-state index contributed by atoms with van der Waals surface area (Å²) in [6, 6.07) is 8.34. The molecule has 4 heterocycles. The summed E-state index contributed by atoms with van der Waals surface area (Å²) >= 11 is 6.48. The zero-order valence-electron chi connectivity index (χ0n) is 17.6. The zero-order valence-corrected chi connectivity index (χ0v) is 18.4. The van der Waals surface area contributed by atoms with Gasteiger partial charge in [-0.25, -0.2) is 9.37 Å². The van der Waals surface area contributed by atoms with E-state index in [9.17, 15) is 5.11 Å². The number of anilines is 1. The smallest absolute Gasteiger partial charge is 0.318 e. The van der Waals surface area contributed by atoms with Gasteiger partial charge in [-0.05, 0) is 23.6 Å². The Bertz CT molecular complexity index is 1430. The number of nitrogens with zero attached hydrogens (tertiary/aromatic N) is 4. The Labute approximate surface area is 192 Å². The Hall–Kier alpha value is -3.43. The van der Waals surface area contributed by atoms with Crippen molar-refractivity contribution in [3.63, 3.8) is 0 Å². The number of phenolic OH excluding ortho intramolecular Hbond substituents is 1. The number of hydrogen-bond acceptors (Lipinski definition) is 8. The molecule has 0 amide bonds. The van der Waals surface area contributed by atoms with Gasteiger partial charge in [-0.1, -0.05) is 23.7 Å². The number of phenols is 1. The minimum atomic E-state index is -0.667. The lowest BCUT2D eigenvalue weighted by molar-refractivity contribution is 0.266. The molecule has 6 rings (SSSR count). The van der Waals surface area contributed by atoms with E-state index in [2.05, 4.69) is 25.2 Å². The van der Waals surface area contributed by atoms with E-state index in [-0.39, 0.29) is 34.9 Å². The maximum Gasteiger partial charge on any atom is 0.318 e. The van der Waals surface area contributed by atoms with Crippen LogP contribution in [-0.4, -0.2) is 59.5 Å². The first-order valence-corrected chi connectivity index (χ1v) is 10.9. The normalized spacial score (nSPS) is 17.5. The molecular formula is C23H19ClFN5O3. The molecule has 33 heavy (non-hydrogen) atoms. The number of rotatable bonds is 2. The van der Waals surface area contributed by atoms with Crippen LogP contribution in [0.5, 0.6) is 17.6 Å². The number of benzene rings is 2. The number of halogens is 2. The third-order valence-electron chi connectivity index (χ3n) is 6.10. The molecule has 0 bridgehead atoms. The number of aromatic hydroxyl groups is 1. The van der Waals surface area contributed by atoms with Gasteiger partial charge in [-0.3, -0.25) is 0 Å². The van der Waals surface area contributed by atoms with Crippen molar-refractivity contribution in [1.29, 1.82) is 0 Å². The first kappa shape index (κ1) is 20.2. The average Bonchev–Trinajstić information content (AvgIpc) is 2.98. The molecule has 0 aliphatic carbocycles. The SMILES string of the molecule is COc1nc2c3c(nc(-c4cc(O)cc5cccc(Cl)c45)c(F)c3n1)OC[C@@H]1CNCCN21. The van der Waals surface area contributed by atoms with Crippen molar-refractivity contribution in [3.8, 4) is 28.9 Å². The van der Waals surface area contributed by atoms with Crippen molar-refractivity contribution in [3.05, 3.63) is 41.2 Å². The molecule has 10 heteroatoms. The quantitative estimate of drug-likeness (QED) is 0.462. The Morgan fingerprint density at radius 1 is 1.24 bits per heavy atom. The van der Waals surface area contributed by atoms with Gasteiger partial charge in [-0.15, -0.1) is 0 Å². The molecule has 168 valence electrons. The van der Waals surface area contributed by atoms with Crippen LogP contribution >= 0.6 is 11.6 Å². The first-order chi connectivity index (χ1) is 16.0. The summed E-state index contributed by atoms with van der Waals surface area (Å²) in [5.41, 5.74) is 0.369. The van der Waals surface area contributed by atoms with Gasteiger partial charge in [0.1, 0.15) is 34.8 Å². The highest BCUT2D eigenvalue weighted by Crippen LogP contribution is 2.43. The molecule has 2 aliphatic heterocycles. The van der Waals surface area contributed by atoms with Crippen molar-refractivity contribution in [2.24, 2.45) is 0 Å². The van der Waals surface area contributed by atoms with E-state index in [0.29, 0.717) is 52.3 Å². The number of ether oxygens (including phenoxy) is 2. The first-order valence-electron chi connectivity index (χ1n) is 10.5. The molecule has 0 unspecified atom stereocenters. The minimum Gasteiger partial charge on any atom is -0.508 e. The van der Waals surface area contributed by atoms with Crippen LogP contribution in [0, 0.1) is 5.82 Å². The molecule has 2 N–H and O–H groups in total. The summed E-state index contributed by atoms with van der Waals surface area (Å²) in [6.45, 7) is 2.49. The fourth-order valence-electron chi connectivity index (χ4n) is 4.60. The number of fused-ring (bicyclic) bond motifs is 3. The van der Waals surface area contributed by atoms with Crippen LogP contribution in [0.4, 0.5) is 10.2 Å². The van der Waals surface area contributed by atoms with E-state index in [0.717, 1.165) is 6.54 Å². The number of pyridine rings is 1. The van der Waals surface area contributed by atoms with Crippen molar-refractivity contribution in [2.45, 2.75) is 6.04 Å². The van der Waals surface area contributed by atoms with Gasteiger partial charge >= 0.3 is 6.01 Å². The number of aromatic nitrogens is 3. The van der Waals surface area contributed by atoms with Gasteiger partial charge in [0.25, 0.3) is 0 Å². The van der Waals surface area contributed by atoms with E-state index in [4.69, 9.17) is 21.1 Å². The number of hydrogen-bond donors (Lipinski definition) is 2. The summed E-state index contributed by atoms with van der Waals surface area (Å²) in [7, 11) is 1.44. The van der Waals surface area contributed by atoms with Crippen LogP contribution in [-0.2, 0) is 0 Å². The maximum absolute atomic E-state index is 16.1. The summed E-state index contributed by atoms with van der Waals surface area (Å²) in [5.74, 6) is 0.0707. The lowest BCUT2D eigenvalue weighted by Crippen LogP contribution is -2.53. The zero-order chi connectivity index (χ0) is 22.7. The van der Waals surface area contributed by atoms with Crippen LogP contribution in [0.1, 0.15) is 0 Å². The highest BCUT2D eigenvalue weighted by Gasteiger charge is 2.33. The average molecular weight is 468 g/mol. The van der Waals surface area contributed by atoms with E-state index >= 15 is 4.39 Å². The summed E-state index contributed by atoms with van der Waals surface area (Å²) in [4.78, 5) is 15.5. The molecule has 0 saturated carbocycles. The van der Waals surface area contributed by atoms with E-state index in [1.165, 1.54) is 13.2 Å². The largest absolute Gasteiger partial charge is 0.508 e. The number of methoxy groups -OCH3 is 1. The molecule has 1 saturated heterocycles. The molecule has 2 aliphatic rings. The minimum absolute atomic E-state index is 0.00156. The standard InChI is InChI=1S/C23H19ClFN5O3/c1-32-23-28-20-17-21(29-23)30-6-5-26-9-12(30)10-33-22(17)27-19(18(20)25)14-8-13(31)7-11-3-2-4-15(24)16(11)14/h2-4,7-8,12,26,31H,5-6,9-10H2,1H3/t12-/m0/s1. The number of nitrogens with one attached hydrogen (secondary N) is 1. The number of piperazine rings is 1. The fourth-order valence-corrected chi connectivity index (χ4v) is 4.89. The van der Waals surface area contributed by atoms with E-state index in [1.807, 2.05) is 0 Å². The van der Waals surface area contributed by atoms with Crippen LogP contribution in [0.2, 0.25) is 5.02 Å². The van der Waals surface area contributed by atoms with Gasteiger partial charge in [0.15, 0.2) is 5.82 Å². The second-order valence-electron chi connectivity index (χ2n) is 8.03. The van der Waals surface area contributed by atoms with Crippen molar-refractivity contribution in [2.75, 3.05) is 38.3 Å². The second-order valence-corrected chi connectivity index (χ2v) is 8.44. The lowest BCUT2D eigenvalue weighted by atomic mass is 10.00. The predicted molar refractivity (Wildman–Crippen MR) is 123 cm³/mol. The fraction of sp³-hybridized carbons (Fsp3) is 0.261. The summed E-state index contributed by atoms with van der Waals surface area (Å²) < 4.78 is 27.5. The maximum atomic E-state index is 16.1. The monoisotopic (exact) mass is 467 g/mol. The van der Waals surface area contributed by atoms with Gasteiger partial charge in [0.2, 0.25) is 5.88 Å². The molecule has 4 aromatic rings. The van der Waals surface area contributed by atoms with Gasteiger partial charge in [-0.2, -0.15) is 9.97 Å². The van der Waals surface area contributed by atoms with Crippen molar-refractivity contribution in [1.82, 2.24) is 20.3 Å². The molecule has 2 aromatic carbocycles. The molecule has 1 atom stereocenters. The molecule has 1 fully saturated rings. The van der Waals surface area contributed by atoms with Crippen LogP contribution < -0.4 is 19.7 Å². The van der Waals surface area contributed by atoms with Crippen molar-refractivity contribution < 1.29 is 19.0 Å². The van der Waals surface area contributed by atoms with Crippen LogP contribution in [0.25, 0.3) is 32.9 Å². The molecule has 0 spiro atoms. The topological polar surface area (TPSA) is 92.6 Å². The molecular weight excluding hydrogens is 449 g/mol. The Morgan fingerprint density at radius 2 is 2.12 bits per heavy atom. The summed E-state index contributed by atoms with van der Waals surface area (Å²) in [5, 5.41) is 15.7. The Kier molecular flexibility index (Phi) is 4.63. The third kappa shape index (κ3) is 3.11. The molecule has 8 nitrogen and oxygen atoms in total. The second kappa shape index (κ2) is 7.57. The highest BCUT2D eigenvalue weighted by molar-refractivity contribution is 6.36. The van der Waals surface area contributed by atoms with Crippen LogP contribution in [0.15, 0.2) is 30.3 Å². The Morgan fingerprint density at radius 3 is 2.97 bits per heavy atom. The lowest BCUT2D eigenvalue weighted by Gasteiger charge is -2.35.